The van der Waals surface area contributed by atoms with Gasteiger partial charge in [-0.25, -0.2) is 4.39 Å². The fraction of sp³-hybridized carbons (Fsp3) is 0.200. The van der Waals surface area contributed by atoms with Crippen LogP contribution in [0, 0.1) is 5.82 Å². The van der Waals surface area contributed by atoms with Gasteiger partial charge in [-0.15, -0.1) is 11.3 Å². The van der Waals surface area contributed by atoms with Gasteiger partial charge in [-0.2, -0.15) is 0 Å². The molecule has 0 spiro atoms. The first-order chi connectivity index (χ1) is 11.8. The molecule has 0 amide bonds. The quantitative estimate of drug-likeness (QED) is 0.620. The van der Waals surface area contributed by atoms with Crippen LogP contribution in [0.25, 0.3) is 0 Å². The summed E-state index contributed by atoms with van der Waals surface area (Å²) in [5.74, 6) is 0.775. The Kier molecular flexibility index (Phi) is 5.99. The largest absolute Gasteiger partial charge is 0.488 e. The third-order valence-corrected chi connectivity index (χ3v) is 4.69. The van der Waals surface area contributed by atoms with Gasteiger partial charge in [0, 0.05) is 16.9 Å². The van der Waals surface area contributed by atoms with E-state index >= 15 is 0 Å². The van der Waals surface area contributed by atoms with E-state index in [-0.39, 0.29) is 5.82 Å². The van der Waals surface area contributed by atoms with Crippen molar-refractivity contribution in [1.82, 2.24) is 0 Å². The molecule has 4 heteroatoms. The van der Waals surface area contributed by atoms with E-state index in [1.165, 1.54) is 16.5 Å². The highest BCUT2D eigenvalue weighted by Crippen LogP contribution is 2.16. The number of nitrogens with two attached hydrogens (primary N) is 1. The van der Waals surface area contributed by atoms with E-state index < -0.39 is 0 Å². The minimum atomic E-state index is -0.113. The molecular weight excluding hydrogens is 321 g/mol. The monoisotopic (exact) mass is 342 g/mol. The summed E-state index contributed by atoms with van der Waals surface area (Å²) in [6.45, 7) is 2.38. The molecule has 0 aliphatic heterocycles. The Balaban J connectivity index is 1.40. The first-order valence-electron chi connectivity index (χ1n) is 8.10. The lowest BCUT2D eigenvalue weighted by Crippen LogP contribution is -2.83. The Morgan fingerprint density at radius 1 is 0.958 bits per heavy atom. The van der Waals surface area contributed by atoms with E-state index in [4.69, 9.17) is 4.74 Å². The van der Waals surface area contributed by atoms with Crippen molar-refractivity contribution in [3.8, 4) is 5.75 Å². The average Bonchev–Trinajstić information content (AvgIpc) is 3.13. The number of halogens is 1. The predicted octanol–water partition coefficient (Wildman–Crippen LogP) is 3.77. The first kappa shape index (κ1) is 16.7. The van der Waals surface area contributed by atoms with E-state index in [2.05, 4.69) is 28.9 Å². The number of hydrogen-bond acceptors (Lipinski definition) is 2. The summed E-state index contributed by atoms with van der Waals surface area (Å²) in [6, 6.07) is 19.3. The zero-order chi connectivity index (χ0) is 16.6. The SMILES string of the molecule is Fc1ccccc1CC[NH2+]Cc1ccc(OCc2cccs2)cc1. The van der Waals surface area contributed by atoms with Crippen LogP contribution in [0.5, 0.6) is 5.75 Å². The maximum Gasteiger partial charge on any atom is 0.126 e. The van der Waals surface area contributed by atoms with Gasteiger partial charge in [-0.1, -0.05) is 24.3 Å². The van der Waals surface area contributed by atoms with E-state index in [0.29, 0.717) is 6.61 Å². The molecule has 1 heterocycles. The zero-order valence-electron chi connectivity index (χ0n) is 13.5. The fourth-order valence-electron chi connectivity index (χ4n) is 2.50. The van der Waals surface area contributed by atoms with Gasteiger partial charge in [0.05, 0.1) is 6.54 Å². The maximum atomic E-state index is 13.5. The van der Waals surface area contributed by atoms with Crippen LogP contribution in [0.1, 0.15) is 16.0 Å². The lowest BCUT2D eigenvalue weighted by atomic mass is 10.1. The molecule has 2 N–H and O–H groups in total. The van der Waals surface area contributed by atoms with Crippen molar-refractivity contribution in [2.75, 3.05) is 6.54 Å². The molecule has 0 aliphatic rings. The lowest BCUT2D eigenvalue weighted by Gasteiger charge is -2.06. The second-order valence-electron chi connectivity index (χ2n) is 5.63. The third kappa shape index (κ3) is 4.91. The predicted molar refractivity (Wildman–Crippen MR) is 95.7 cm³/mol. The molecule has 0 saturated heterocycles. The summed E-state index contributed by atoms with van der Waals surface area (Å²) < 4.78 is 19.3. The molecule has 0 fully saturated rings. The van der Waals surface area contributed by atoms with Gasteiger partial charge in [-0.3, -0.25) is 0 Å². The Labute approximate surface area is 145 Å². The van der Waals surface area contributed by atoms with Crippen LogP contribution < -0.4 is 10.1 Å². The molecule has 0 aliphatic carbocycles. The number of ether oxygens (including phenoxy) is 1. The van der Waals surface area contributed by atoms with Crippen molar-refractivity contribution in [3.63, 3.8) is 0 Å². The molecule has 24 heavy (non-hydrogen) atoms. The summed E-state index contributed by atoms with van der Waals surface area (Å²) in [5.41, 5.74) is 2.03. The number of thiophene rings is 1. The van der Waals surface area contributed by atoms with Crippen molar-refractivity contribution in [2.24, 2.45) is 0 Å². The van der Waals surface area contributed by atoms with Gasteiger partial charge in [0.2, 0.25) is 0 Å². The van der Waals surface area contributed by atoms with E-state index in [0.717, 1.165) is 30.8 Å². The highest BCUT2D eigenvalue weighted by atomic mass is 32.1. The van der Waals surface area contributed by atoms with Gasteiger partial charge < -0.3 is 10.1 Å². The summed E-state index contributed by atoms with van der Waals surface area (Å²) in [5, 5.41) is 4.26. The average molecular weight is 342 g/mol. The van der Waals surface area contributed by atoms with Crippen molar-refractivity contribution in [3.05, 3.63) is 87.9 Å². The molecule has 3 rings (SSSR count). The molecule has 2 nitrogen and oxygen atoms in total. The molecule has 124 valence electrons. The molecule has 0 bridgehead atoms. The van der Waals surface area contributed by atoms with Crippen LogP contribution in [0.15, 0.2) is 66.0 Å². The zero-order valence-corrected chi connectivity index (χ0v) is 14.3. The van der Waals surface area contributed by atoms with Crippen molar-refractivity contribution in [2.45, 2.75) is 19.6 Å². The van der Waals surface area contributed by atoms with Gasteiger partial charge >= 0.3 is 0 Å². The van der Waals surface area contributed by atoms with Gasteiger partial charge in [-0.05, 0) is 47.3 Å². The lowest BCUT2D eigenvalue weighted by molar-refractivity contribution is -0.670. The van der Waals surface area contributed by atoms with Crippen LogP contribution in [0.3, 0.4) is 0 Å². The number of quaternary nitrogens is 1. The second kappa shape index (κ2) is 8.62. The van der Waals surface area contributed by atoms with Crippen molar-refractivity contribution in [1.29, 1.82) is 0 Å². The highest BCUT2D eigenvalue weighted by Gasteiger charge is 2.02. The number of hydrogen-bond donors (Lipinski definition) is 1. The molecule has 0 radical (unpaired) electrons. The van der Waals surface area contributed by atoms with Crippen LogP contribution in [0.2, 0.25) is 0 Å². The molecule has 1 aromatic heterocycles. The van der Waals surface area contributed by atoms with Crippen LogP contribution in [-0.4, -0.2) is 6.54 Å². The van der Waals surface area contributed by atoms with Gasteiger partial charge in [0.15, 0.2) is 0 Å². The number of benzene rings is 2. The van der Waals surface area contributed by atoms with E-state index in [1.807, 2.05) is 30.3 Å². The molecule has 2 aromatic carbocycles. The Morgan fingerprint density at radius 2 is 1.79 bits per heavy atom. The Bertz CT molecular complexity index is 741. The molecule has 0 saturated carbocycles. The topological polar surface area (TPSA) is 25.8 Å². The van der Waals surface area contributed by atoms with E-state index in [1.54, 1.807) is 17.4 Å². The molecular formula is C20H21FNOS+. The molecule has 0 atom stereocenters. The number of rotatable bonds is 8. The normalized spacial score (nSPS) is 10.7. The summed E-state index contributed by atoms with van der Waals surface area (Å²) in [4.78, 5) is 1.22. The highest BCUT2D eigenvalue weighted by molar-refractivity contribution is 7.09. The van der Waals surface area contributed by atoms with E-state index in [9.17, 15) is 4.39 Å². The van der Waals surface area contributed by atoms with Crippen LogP contribution >= 0.6 is 11.3 Å². The Morgan fingerprint density at radius 3 is 2.54 bits per heavy atom. The van der Waals surface area contributed by atoms with Crippen molar-refractivity contribution >= 4 is 11.3 Å². The molecule has 0 unspecified atom stereocenters. The van der Waals surface area contributed by atoms with Gasteiger partial charge in [0.1, 0.15) is 24.7 Å². The standard InChI is InChI=1S/C20H20FNOS/c21-20-6-2-1-4-17(20)11-12-22-14-16-7-9-18(10-8-16)23-15-19-5-3-13-24-19/h1-10,13,22H,11-12,14-15H2/p+1. The minimum Gasteiger partial charge on any atom is -0.488 e. The summed E-state index contributed by atoms with van der Waals surface area (Å²) >= 11 is 1.70. The second-order valence-corrected chi connectivity index (χ2v) is 6.67. The fourth-order valence-corrected chi connectivity index (χ4v) is 3.11. The van der Waals surface area contributed by atoms with Crippen molar-refractivity contribution < 1.29 is 14.4 Å². The third-order valence-electron chi connectivity index (χ3n) is 3.84. The van der Waals surface area contributed by atoms with Gasteiger partial charge in [0.25, 0.3) is 0 Å². The smallest absolute Gasteiger partial charge is 0.126 e. The maximum absolute atomic E-state index is 13.5. The first-order valence-corrected chi connectivity index (χ1v) is 8.98. The molecule has 3 aromatic rings. The summed E-state index contributed by atoms with van der Waals surface area (Å²) in [6.07, 6.45) is 0.745. The Hall–Kier alpha value is -2.17. The minimum absolute atomic E-state index is 0.113. The summed E-state index contributed by atoms with van der Waals surface area (Å²) in [7, 11) is 0. The van der Waals surface area contributed by atoms with Crippen LogP contribution in [-0.2, 0) is 19.6 Å². The van der Waals surface area contributed by atoms with Crippen LogP contribution in [0.4, 0.5) is 4.39 Å².